The maximum Gasteiger partial charge on any atom is 0.230 e. The number of rotatable bonds is 4. The van der Waals surface area contributed by atoms with Crippen LogP contribution >= 0.6 is 23.4 Å². The predicted molar refractivity (Wildman–Crippen MR) is 77.3 cm³/mol. The highest BCUT2D eigenvalue weighted by Crippen LogP contribution is 2.20. The van der Waals surface area contributed by atoms with Crippen LogP contribution in [-0.2, 0) is 14.6 Å². The van der Waals surface area contributed by atoms with Crippen molar-refractivity contribution in [2.24, 2.45) is 0 Å². The summed E-state index contributed by atoms with van der Waals surface area (Å²) in [4.78, 5) is 12.5. The molecule has 2 atom stereocenters. The van der Waals surface area contributed by atoms with Gasteiger partial charge in [-0.3, -0.25) is 4.79 Å². The second-order valence-electron chi connectivity index (χ2n) is 4.51. The minimum Gasteiger partial charge on any atom is -0.350 e. The molecule has 1 amide bonds. The van der Waals surface area contributed by atoms with Crippen LogP contribution in [0.5, 0.6) is 0 Å². The molecule has 1 N–H and O–H groups in total. The van der Waals surface area contributed by atoms with Crippen LogP contribution in [-0.4, -0.2) is 43.0 Å². The lowest BCUT2D eigenvalue weighted by Gasteiger charge is -2.14. The summed E-state index contributed by atoms with van der Waals surface area (Å²) in [5.41, 5.74) is 0. The predicted octanol–water partition coefficient (Wildman–Crippen LogP) is 1.44. The molecule has 4 nitrogen and oxygen atoms in total. The third-order valence-electron chi connectivity index (χ3n) is 2.81. The van der Waals surface area contributed by atoms with Crippen LogP contribution in [0.25, 0.3) is 0 Å². The zero-order chi connectivity index (χ0) is 14.8. The fourth-order valence-corrected chi connectivity index (χ4v) is 5.12. The van der Waals surface area contributed by atoms with Gasteiger partial charge in [0.2, 0.25) is 5.91 Å². The van der Waals surface area contributed by atoms with E-state index in [0.29, 0.717) is 0 Å². The summed E-state index contributed by atoms with van der Waals surface area (Å²) in [7, 11) is -3.16. The van der Waals surface area contributed by atoms with Gasteiger partial charge in [0.1, 0.15) is 5.82 Å². The number of nitrogens with one attached hydrogen (secondary N) is 1. The van der Waals surface area contributed by atoms with E-state index in [2.05, 4.69) is 5.32 Å². The summed E-state index contributed by atoms with van der Waals surface area (Å²) in [5.74, 6) is -0.711. The Morgan fingerprint density at radius 1 is 1.35 bits per heavy atom. The first-order chi connectivity index (χ1) is 9.35. The van der Waals surface area contributed by atoms with Crippen molar-refractivity contribution in [1.29, 1.82) is 0 Å². The van der Waals surface area contributed by atoms with Gasteiger partial charge in [-0.25, -0.2) is 12.8 Å². The zero-order valence-electron chi connectivity index (χ0n) is 10.4. The number of alkyl halides is 1. The molecule has 0 aromatic heterocycles. The van der Waals surface area contributed by atoms with E-state index in [4.69, 9.17) is 11.6 Å². The van der Waals surface area contributed by atoms with Gasteiger partial charge in [0, 0.05) is 4.90 Å². The van der Waals surface area contributed by atoms with Crippen molar-refractivity contribution in [3.8, 4) is 0 Å². The van der Waals surface area contributed by atoms with E-state index in [1.807, 2.05) is 0 Å². The Morgan fingerprint density at radius 2 is 2.00 bits per heavy atom. The van der Waals surface area contributed by atoms with Crippen molar-refractivity contribution in [2.75, 3.05) is 17.3 Å². The average molecular weight is 338 g/mol. The van der Waals surface area contributed by atoms with Crippen molar-refractivity contribution >= 4 is 39.1 Å². The molecule has 1 fully saturated rings. The van der Waals surface area contributed by atoms with Gasteiger partial charge in [0.15, 0.2) is 9.84 Å². The fourth-order valence-electron chi connectivity index (χ4n) is 1.87. The summed E-state index contributed by atoms with van der Waals surface area (Å²) in [5, 5.41) is 2.04. The fraction of sp³-hybridized carbons (Fsp3) is 0.417. The van der Waals surface area contributed by atoms with Gasteiger partial charge in [0.05, 0.1) is 28.7 Å². The van der Waals surface area contributed by atoms with E-state index in [-0.39, 0.29) is 29.0 Å². The molecule has 20 heavy (non-hydrogen) atoms. The molecule has 0 aliphatic carbocycles. The van der Waals surface area contributed by atoms with Crippen LogP contribution in [0.4, 0.5) is 4.39 Å². The number of benzene rings is 1. The molecule has 0 radical (unpaired) electrons. The van der Waals surface area contributed by atoms with Gasteiger partial charge < -0.3 is 5.32 Å². The first-order valence-electron chi connectivity index (χ1n) is 5.88. The average Bonchev–Trinajstić information content (AvgIpc) is 2.61. The summed E-state index contributed by atoms with van der Waals surface area (Å²) in [6.45, 7) is 0. The molecule has 0 unspecified atom stereocenters. The van der Waals surface area contributed by atoms with Gasteiger partial charge in [0.25, 0.3) is 0 Å². The number of amides is 1. The quantitative estimate of drug-likeness (QED) is 0.667. The van der Waals surface area contributed by atoms with Crippen LogP contribution in [0.3, 0.4) is 0 Å². The normalized spacial score (nSPS) is 24.5. The van der Waals surface area contributed by atoms with Crippen molar-refractivity contribution in [3.05, 3.63) is 30.1 Å². The van der Waals surface area contributed by atoms with Crippen LogP contribution in [0, 0.1) is 5.82 Å². The third kappa shape index (κ3) is 4.36. The molecule has 1 heterocycles. The number of halogens is 2. The van der Waals surface area contributed by atoms with E-state index < -0.39 is 21.3 Å². The standard InChI is InChI=1S/C12H13ClFNO3S2/c13-10-6-20(17,18)7-11(10)15-12(16)5-19-9-3-1-8(14)2-4-9/h1-4,10-11H,5-7H2,(H,15,16)/t10-,11+/m1/s1. The smallest absolute Gasteiger partial charge is 0.230 e. The van der Waals surface area contributed by atoms with Crippen molar-refractivity contribution < 1.29 is 17.6 Å². The van der Waals surface area contributed by atoms with E-state index in [0.717, 1.165) is 4.90 Å². The number of carbonyl (C=O) groups excluding carboxylic acids is 1. The molecule has 8 heteroatoms. The van der Waals surface area contributed by atoms with E-state index in [9.17, 15) is 17.6 Å². The molecule has 1 aromatic rings. The number of hydrogen-bond acceptors (Lipinski definition) is 4. The highest BCUT2D eigenvalue weighted by molar-refractivity contribution is 8.00. The lowest BCUT2D eigenvalue weighted by atomic mass is 10.2. The van der Waals surface area contributed by atoms with Crippen molar-refractivity contribution in [3.63, 3.8) is 0 Å². The molecule has 110 valence electrons. The summed E-state index contributed by atoms with van der Waals surface area (Å²) in [6.07, 6.45) is 0. The largest absolute Gasteiger partial charge is 0.350 e. The summed E-state index contributed by atoms with van der Waals surface area (Å²) >= 11 is 7.15. The lowest BCUT2D eigenvalue weighted by molar-refractivity contribution is -0.119. The first-order valence-corrected chi connectivity index (χ1v) is 9.12. The van der Waals surface area contributed by atoms with Gasteiger partial charge in [-0.1, -0.05) is 0 Å². The Hall–Kier alpha value is -0.790. The van der Waals surface area contributed by atoms with Gasteiger partial charge in [-0.05, 0) is 24.3 Å². The minimum absolute atomic E-state index is 0.107. The van der Waals surface area contributed by atoms with E-state index in [1.165, 1.54) is 23.9 Å². The lowest BCUT2D eigenvalue weighted by Crippen LogP contribution is -2.41. The number of sulfone groups is 1. The third-order valence-corrected chi connectivity index (χ3v) is 6.20. The second-order valence-corrected chi connectivity index (χ2v) is 8.27. The van der Waals surface area contributed by atoms with Crippen LogP contribution in [0.15, 0.2) is 29.2 Å². The van der Waals surface area contributed by atoms with Crippen LogP contribution < -0.4 is 5.32 Å². The van der Waals surface area contributed by atoms with Crippen molar-refractivity contribution in [1.82, 2.24) is 5.32 Å². The Balaban J connectivity index is 1.83. The molecular weight excluding hydrogens is 325 g/mol. The highest BCUT2D eigenvalue weighted by atomic mass is 35.5. The monoisotopic (exact) mass is 337 g/mol. The minimum atomic E-state index is -3.16. The Kier molecular flexibility index (Phi) is 4.93. The summed E-state index contributed by atoms with van der Waals surface area (Å²) in [6, 6.07) is 5.26. The Morgan fingerprint density at radius 3 is 2.55 bits per heavy atom. The number of thioether (sulfide) groups is 1. The van der Waals surface area contributed by atoms with Crippen LogP contribution in [0.1, 0.15) is 0 Å². The van der Waals surface area contributed by atoms with Crippen LogP contribution in [0.2, 0.25) is 0 Å². The first kappa shape index (κ1) is 15.6. The molecule has 0 bridgehead atoms. The maximum atomic E-state index is 12.7. The van der Waals surface area contributed by atoms with Gasteiger partial charge in [-0.15, -0.1) is 23.4 Å². The second kappa shape index (κ2) is 6.32. The maximum absolute atomic E-state index is 12.7. The molecule has 0 spiro atoms. The van der Waals surface area contributed by atoms with Gasteiger partial charge in [-0.2, -0.15) is 0 Å². The number of carbonyl (C=O) groups is 1. The van der Waals surface area contributed by atoms with E-state index in [1.54, 1.807) is 12.1 Å². The molecule has 0 saturated carbocycles. The summed E-state index contributed by atoms with van der Waals surface area (Å²) < 4.78 is 35.4. The molecule has 1 aromatic carbocycles. The van der Waals surface area contributed by atoms with Gasteiger partial charge >= 0.3 is 0 Å². The molecule has 1 aliphatic heterocycles. The molecule has 2 rings (SSSR count). The Bertz CT molecular complexity index is 591. The SMILES string of the molecule is O=C(CSc1ccc(F)cc1)N[C@H]1CS(=O)(=O)C[C@H]1Cl. The zero-order valence-corrected chi connectivity index (χ0v) is 12.8. The van der Waals surface area contributed by atoms with E-state index >= 15 is 0 Å². The van der Waals surface area contributed by atoms with Crippen molar-refractivity contribution in [2.45, 2.75) is 16.3 Å². The molecular formula is C12H13ClFNO3S2. The Labute approximate surface area is 126 Å². The molecule has 1 saturated heterocycles. The topological polar surface area (TPSA) is 63.2 Å². The highest BCUT2D eigenvalue weighted by Gasteiger charge is 2.37. The molecule has 1 aliphatic rings. The number of hydrogen-bond donors (Lipinski definition) is 1.